The van der Waals surface area contributed by atoms with E-state index >= 15 is 0 Å². The van der Waals surface area contributed by atoms with Crippen LogP contribution in [0.15, 0.2) is 36.5 Å². The van der Waals surface area contributed by atoms with E-state index in [1.54, 1.807) is 24.3 Å². The summed E-state index contributed by atoms with van der Waals surface area (Å²) in [6.45, 7) is 6.50. The van der Waals surface area contributed by atoms with Crippen LogP contribution < -0.4 is 10.1 Å². The molecule has 1 fully saturated rings. The highest BCUT2D eigenvalue weighted by Gasteiger charge is 2.31. The smallest absolute Gasteiger partial charge is 0.407 e. The van der Waals surface area contributed by atoms with Crippen LogP contribution in [0, 0.1) is 5.82 Å². The fourth-order valence-corrected chi connectivity index (χ4v) is 3.23. The maximum Gasteiger partial charge on any atom is 0.407 e. The second-order valence-electron chi connectivity index (χ2n) is 8.19. The molecule has 1 amide bonds. The highest BCUT2D eigenvalue weighted by atomic mass is 35.5. The fraction of sp³-hybridized carbons (Fsp3) is 0.455. The summed E-state index contributed by atoms with van der Waals surface area (Å²) in [7, 11) is 0. The number of aromatic nitrogens is 1. The average Bonchev–Trinajstić information content (AvgIpc) is 2.66. The quantitative estimate of drug-likeness (QED) is 0.714. The summed E-state index contributed by atoms with van der Waals surface area (Å²) < 4.78 is 31.2. The maximum atomic E-state index is 14.0. The minimum Gasteiger partial charge on any atom is -0.491 e. The van der Waals surface area contributed by atoms with Gasteiger partial charge in [0.25, 0.3) is 0 Å². The first kappa shape index (κ1) is 22.3. The van der Waals surface area contributed by atoms with Crippen LogP contribution in [0.4, 0.5) is 9.18 Å². The van der Waals surface area contributed by atoms with Gasteiger partial charge in [-0.15, -0.1) is 0 Å². The van der Waals surface area contributed by atoms with Crippen LogP contribution >= 0.6 is 11.6 Å². The molecular formula is C22H26ClFN2O4. The average molecular weight is 437 g/mol. The third kappa shape index (κ3) is 6.31. The van der Waals surface area contributed by atoms with E-state index in [4.69, 9.17) is 25.8 Å². The molecule has 1 aliphatic heterocycles. The van der Waals surface area contributed by atoms with Crippen LogP contribution in [-0.4, -0.2) is 42.0 Å². The van der Waals surface area contributed by atoms with E-state index in [0.29, 0.717) is 24.3 Å². The summed E-state index contributed by atoms with van der Waals surface area (Å²) in [6, 6.07) is 8.14. The third-order valence-corrected chi connectivity index (χ3v) is 4.67. The Bertz CT molecular complexity index is 870. The second kappa shape index (κ2) is 9.62. The Morgan fingerprint density at radius 3 is 2.73 bits per heavy atom. The Hall–Kier alpha value is -2.38. The fourth-order valence-electron chi connectivity index (χ4n) is 3.09. The van der Waals surface area contributed by atoms with Crippen molar-refractivity contribution in [3.05, 3.63) is 47.4 Å². The zero-order valence-electron chi connectivity index (χ0n) is 17.3. The molecule has 1 aromatic heterocycles. The van der Waals surface area contributed by atoms with Gasteiger partial charge in [-0.25, -0.2) is 9.18 Å². The molecule has 1 N–H and O–H groups in total. The van der Waals surface area contributed by atoms with Crippen molar-refractivity contribution < 1.29 is 23.4 Å². The molecular weight excluding hydrogens is 411 g/mol. The van der Waals surface area contributed by atoms with E-state index in [1.165, 1.54) is 12.3 Å². The minimum atomic E-state index is -0.486. The van der Waals surface area contributed by atoms with E-state index in [1.807, 2.05) is 20.8 Å². The van der Waals surface area contributed by atoms with Gasteiger partial charge in [0.05, 0.1) is 5.02 Å². The number of benzene rings is 1. The molecule has 2 heterocycles. The SMILES string of the molecule is CC(C)(C)NC(=O)OC1CCCOC1COc1ccc(-c2ncc(Cl)cc2F)cc1. The number of carbonyl (C=O) groups is 1. The lowest BCUT2D eigenvalue weighted by molar-refractivity contribution is -0.0940. The van der Waals surface area contributed by atoms with Crippen LogP contribution in [-0.2, 0) is 9.47 Å². The van der Waals surface area contributed by atoms with Gasteiger partial charge in [0.1, 0.15) is 30.3 Å². The predicted octanol–water partition coefficient (Wildman–Crippen LogP) is 4.99. The van der Waals surface area contributed by atoms with Crippen molar-refractivity contribution >= 4 is 17.7 Å². The predicted molar refractivity (Wildman–Crippen MR) is 112 cm³/mol. The van der Waals surface area contributed by atoms with E-state index in [0.717, 1.165) is 6.42 Å². The van der Waals surface area contributed by atoms with Crippen molar-refractivity contribution in [2.75, 3.05) is 13.2 Å². The molecule has 3 rings (SSSR count). The van der Waals surface area contributed by atoms with E-state index in [2.05, 4.69) is 10.3 Å². The monoisotopic (exact) mass is 436 g/mol. The zero-order valence-corrected chi connectivity index (χ0v) is 18.0. The largest absolute Gasteiger partial charge is 0.491 e. The number of pyridine rings is 1. The Labute approximate surface area is 180 Å². The number of halogens is 2. The van der Waals surface area contributed by atoms with Crippen molar-refractivity contribution in [3.63, 3.8) is 0 Å². The molecule has 0 aliphatic carbocycles. The Morgan fingerprint density at radius 2 is 2.07 bits per heavy atom. The van der Waals surface area contributed by atoms with Crippen molar-refractivity contribution in [3.8, 4) is 17.0 Å². The van der Waals surface area contributed by atoms with Crippen molar-refractivity contribution in [2.24, 2.45) is 0 Å². The van der Waals surface area contributed by atoms with E-state index in [9.17, 15) is 9.18 Å². The summed E-state index contributed by atoms with van der Waals surface area (Å²) >= 11 is 5.75. The van der Waals surface area contributed by atoms with Gasteiger partial charge in [0, 0.05) is 23.9 Å². The van der Waals surface area contributed by atoms with Crippen LogP contribution in [0.1, 0.15) is 33.6 Å². The lowest BCUT2D eigenvalue weighted by Crippen LogP contribution is -2.47. The molecule has 2 aromatic rings. The minimum absolute atomic E-state index is 0.222. The van der Waals surface area contributed by atoms with Gasteiger partial charge in [-0.05, 0) is 63.9 Å². The highest BCUT2D eigenvalue weighted by Crippen LogP contribution is 2.25. The normalized spacial score (nSPS) is 19.2. The third-order valence-electron chi connectivity index (χ3n) is 4.46. The number of alkyl carbamates (subject to hydrolysis) is 1. The number of amides is 1. The Balaban J connectivity index is 1.58. The summed E-state index contributed by atoms with van der Waals surface area (Å²) in [5.74, 6) is 0.112. The van der Waals surface area contributed by atoms with Gasteiger partial charge < -0.3 is 19.5 Å². The van der Waals surface area contributed by atoms with Gasteiger partial charge in [-0.3, -0.25) is 4.98 Å². The molecule has 1 aromatic carbocycles. The molecule has 8 heteroatoms. The molecule has 30 heavy (non-hydrogen) atoms. The second-order valence-corrected chi connectivity index (χ2v) is 8.63. The van der Waals surface area contributed by atoms with Crippen LogP contribution in [0.3, 0.4) is 0 Å². The van der Waals surface area contributed by atoms with Crippen LogP contribution in [0.2, 0.25) is 5.02 Å². The molecule has 0 saturated carbocycles. The van der Waals surface area contributed by atoms with Crippen molar-refractivity contribution in [1.29, 1.82) is 0 Å². The molecule has 0 radical (unpaired) electrons. The first-order chi connectivity index (χ1) is 14.2. The number of hydrogen-bond donors (Lipinski definition) is 1. The molecule has 6 nitrogen and oxygen atoms in total. The summed E-state index contributed by atoms with van der Waals surface area (Å²) in [5, 5.41) is 3.04. The van der Waals surface area contributed by atoms with Gasteiger partial charge >= 0.3 is 6.09 Å². The van der Waals surface area contributed by atoms with Gasteiger partial charge in [0.15, 0.2) is 5.82 Å². The van der Waals surface area contributed by atoms with Crippen molar-refractivity contribution in [2.45, 2.75) is 51.4 Å². The van der Waals surface area contributed by atoms with Gasteiger partial charge in [-0.2, -0.15) is 0 Å². The lowest BCUT2D eigenvalue weighted by Gasteiger charge is -2.32. The number of carbonyl (C=O) groups excluding carboxylic acids is 1. The zero-order chi connectivity index (χ0) is 21.7. The van der Waals surface area contributed by atoms with Gasteiger partial charge in [0.2, 0.25) is 0 Å². The standard InChI is InChI=1S/C22H26ClFN2O4/c1-22(2,3)26-21(27)30-18-5-4-10-28-19(18)13-29-16-8-6-14(7-9-16)20-17(24)11-15(23)12-25-20/h6-9,11-12,18-19H,4-5,10,13H2,1-3H3,(H,26,27). The summed E-state index contributed by atoms with van der Waals surface area (Å²) in [5.41, 5.74) is 0.462. The molecule has 1 aliphatic rings. The highest BCUT2D eigenvalue weighted by molar-refractivity contribution is 6.30. The van der Waals surface area contributed by atoms with Crippen LogP contribution in [0.5, 0.6) is 5.75 Å². The number of rotatable bonds is 5. The Kier molecular flexibility index (Phi) is 7.15. The van der Waals surface area contributed by atoms with E-state index < -0.39 is 11.9 Å². The first-order valence-electron chi connectivity index (χ1n) is 9.86. The lowest BCUT2D eigenvalue weighted by atomic mass is 10.1. The molecule has 0 spiro atoms. The number of nitrogens with one attached hydrogen (secondary N) is 1. The van der Waals surface area contributed by atoms with Crippen LogP contribution in [0.25, 0.3) is 11.3 Å². The molecule has 2 atom stereocenters. The molecule has 1 saturated heterocycles. The molecule has 0 bridgehead atoms. The summed E-state index contributed by atoms with van der Waals surface area (Å²) in [4.78, 5) is 16.1. The summed E-state index contributed by atoms with van der Waals surface area (Å²) in [6.07, 6.45) is 1.72. The topological polar surface area (TPSA) is 69.7 Å². The molecule has 162 valence electrons. The number of hydrogen-bond acceptors (Lipinski definition) is 5. The van der Waals surface area contributed by atoms with E-state index in [-0.39, 0.29) is 35.1 Å². The maximum absolute atomic E-state index is 14.0. The number of nitrogens with zero attached hydrogens (tertiary/aromatic N) is 1. The molecule has 2 unspecified atom stereocenters. The van der Waals surface area contributed by atoms with Gasteiger partial charge in [-0.1, -0.05) is 11.6 Å². The van der Waals surface area contributed by atoms with Crippen molar-refractivity contribution in [1.82, 2.24) is 10.3 Å². The first-order valence-corrected chi connectivity index (χ1v) is 10.2. The number of ether oxygens (including phenoxy) is 3. The Morgan fingerprint density at radius 1 is 1.33 bits per heavy atom.